The van der Waals surface area contributed by atoms with Crippen LogP contribution in [0.2, 0.25) is 0 Å². The molecule has 4 nitrogen and oxygen atoms in total. The second-order valence-electron chi connectivity index (χ2n) is 10.6. The van der Waals surface area contributed by atoms with Gasteiger partial charge < -0.3 is 17.2 Å². The average Bonchev–Trinajstić information content (AvgIpc) is 2.84. The second-order valence-corrected chi connectivity index (χ2v) is 10.6. The number of Topliss-reactive ketones (excluding diaryl/α,β-unsaturated/α-hetero) is 1. The van der Waals surface area contributed by atoms with Gasteiger partial charge in [0.1, 0.15) is 11.4 Å². The van der Waals surface area contributed by atoms with Gasteiger partial charge in [-0.05, 0) is 95.5 Å². The summed E-state index contributed by atoms with van der Waals surface area (Å²) in [5.41, 5.74) is 25.3. The molecule has 0 saturated heterocycles. The fraction of sp³-hybridized carbons (Fsp3) is 0.414. The minimum Gasteiger partial charge on any atom is -0.398 e. The van der Waals surface area contributed by atoms with Crippen LogP contribution in [-0.4, -0.2) is 5.78 Å². The summed E-state index contributed by atoms with van der Waals surface area (Å²) in [6.07, 6.45) is 8.74. The summed E-state index contributed by atoms with van der Waals surface area (Å²) in [5, 5.41) is 2.09. The Bertz CT molecular complexity index is 1240. The molecule has 0 unspecified atom stereocenters. The van der Waals surface area contributed by atoms with Gasteiger partial charge in [-0.25, -0.2) is 0 Å². The van der Waals surface area contributed by atoms with Crippen LogP contribution in [0.4, 0.5) is 5.69 Å². The second kappa shape index (κ2) is 7.68. The summed E-state index contributed by atoms with van der Waals surface area (Å²) in [5.74, 6) is 2.54. The van der Waals surface area contributed by atoms with E-state index in [9.17, 15) is 4.79 Å². The number of rotatable bonds is 2. The van der Waals surface area contributed by atoms with Crippen molar-refractivity contribution in [1.29, 1.82) is 0 Å². The molecule has 2 fully saturated rings. The lowest BCUT2D eigenvalue weighted by molar-refractivity contribution is -0.121. The minimum atomic E-state index is -1.04. The zero-order chi connectivity index (χ0) is 22.7. The molecule has 0 amide bonds. The topological polar surface area (TPSA) is 95.1 Å². The van der Waals surface area contributed by atoms with Crippen molar-refractivity contribution in [2.75, 3.05) is 5.73 Å². The lowest BCUT2D eigenvalue weighted by Crippen LogP contribution is -2.48. The van der Waals surface area contributed by atoms with Crippen LogP contribution in [0.25, 0.3) is 21.9 Å². The number of carbonyl (C=O) groups excluding carboxylic acids is 1. The summed E-state index contributed by atoms with van der Waals surface area (Å²) in [7, 11) is 0. The Hall–Kier alpha value is -2.69. The highest BCUT2D eigenvalue weighted by Crippen LogP contribution is 2.48. The number of benzene rings is 3. The Labute approximate surface area is 195 Å². The summed E-state index contributed by atoms with van der Waals surface area (Å²) in [6, 6.07) is 17.0. The number of nitrogens with two attached hydrogens (primary N) is 3. The van der Waals surface area contributed by atoms with Crippen LogP contribution in [0, 0.1) is 11.8 Å². The molecule has 3 aromatic rings. The van der Waals surface area contributed by atoms with E-state index in [1.165, 1.54) is 36.8 Å². The molecule has 6 N–H and O–H groups in total. The molecule has 0 atom stereocenters. The van der Waals surface area contributed by atoms with E-state index in [1.807, 2.05) is 24.3 Å². The molecule has 6 rings (SSSR count). The molecule has 0 radical (unpaired) electrons. The Morgan fingerprint density at radius 1 is 0.758 bits per heavy atom. The van der Waals surface area contributed by atoms with Crippen LogP contribution >= 0.6 is 0 Å². The van der Waals surface area contributed by atoms with Crippen LogP contribution in [0.5, 0.6) is 0 Å². The van der Waals surface area contributed by atoms with Gasteiger partial charge in [0.05, 0.1) is 0 Å². The normalized spacial score (nSPS) is 24.6. The minimum absolute atomic E-state index is 0.459. The van der Waals surface area contributed by atoms with Crippen molar-refractivity contribution >= 4 is 22.2 Å². The highest BCUT2D eigenvalue weighted by Gasteiger charge is 2.36. The molecular formula is C29H33N3O. The monoisotopic (exact) mass is 439 g/mol. The van der Waals surface area contributed by atoms with Crippen molar-refractivity contribution in [3.05, 3.63) is 65.2 Å². The van der Waals surface area contributed by atoms with Gasteiger partial charge in [-0.1, -0.05) is 42.5 Å². The number of ketones is 1. The molecule has 0 aromatic heterocycles. The molecule has 3 aliphatic rings. The summed E-state index contributed by atoms with van der Waals surface area (Å²) in [4.78, 5) is 11.6. The van der Waals surface area contributed by atoms with Crippen molar-refractivity contribution in [2.24, 2.45) is 23.3 Å². The maximum atomic E-state index is 11.6. The Kier molecular flexibility index (Phi) is 4.86. The lowest BCUT2D eigenvalue weighted by atomic mass is 9.69. The first-order valence-corrected chi connectivity index (χ1v) is 12.5. The van der Waals surface area contributed by atoms with E-state index in [4.69, 9.17) is 17.2 Å². The maximum Gasteiger partial charge on any atom is 0.132 e. The first kappa shape index (κ1) is 20.9. The number of fused-ring (bicyclic) bond motifs is 2. The van der Waals surface area contributed by atoms with E-state index in [-0.39, 0.29) is 0 Å². The molecule has 170 valence electrons. The van der Waals surface area contributed by atoms with Crippen molar-refractivity contribution in [3.63, 3.8) is 0 Å². The molecule has 0 bridgehead atoms. The van der Waals surface area contributed by atoms with Crippen LogP contribution in [-0.2, 0) is 10.5 Å². The van der Waals surface area contributed by atoms with Gasteiger partial charge in [-0.15, -0.1) is 0 Å². The zero-order valence-corrected chi connectivity index (χ0v) is 19.1. The zero-order valence-electron chi connectivity index (χ0n) is 19.1. The van der Waals surface area contributed by atoms with E-state index >= 15 is 0 Å². The molecule has 0 spiro atoms. The number of nitrogen functional groups attached to an aromatic ring is 1. The molecule has 0 aliphatic heterocycles. The van der Waals surface area contributed by atoms with Crippen LogP contribution < -0.4 is 17.2 Å². The van der Waals surface area contributed by atoms with E-state index in [0.717, 1.165) is 70.7 Å². The van der Waals surface area contributed by atoms with Crippen molar-refractivity contribution < 1.29 is 4.79 Å². The molecule has 4 heteroatoms. The third-order valence-corrected chi connectivity index (χ3v) is 8.80. The van der Waals surface area contributed by atoms with Gasteiger partial charge >= 0.3 is 0 Å². The number of hydrogen-bond donors (Lipinski definition) is 3. The molecule has 3 aliphatic carbocycles. The van der Waals surface area contributed by atoms with E-state index in [2.05, 4.69) is 24.3 Å². The number of anilines is 1. The average molecular weight is 440 g/mol. The van der Waals surface area contributed by atoms with Crippen molar-refractivity contribution in [3.8, 4) is 11.1 Å². The van der Waals surface area contributed by atoms with Gasteiger partial charge in [0.2, 0.25) is 0 Å². The third kappa shape index (κ3) is 3.31. The Morgan fingerprint density at radius 2 is 1.45 bits per heavy atom. The smallest absolute Gasteiger partial charge is 0.132 e. The van der Waals surface area contributed by atoms with Gasteiger partial charge in [0, 0.05) is 23.9 Å². The molecule has 3 aromatic carbocycles. The first-order chi connectivity index (χ1) is 15.9. The molecule has 0 heterocycles. The Morgan fingerprint density at radius 3 is 2.21 bits per heavy atom. The fourth-order valence-corrected chi connectivity index (χ4v) is 6.89. The third-order valence-electron chi connectivity index (χ3n) is 8.80. The van der Waals surface area contributed by atoms with Gasteiger partial charge in [-0.3, -0.25) is 4.79 Å². The standard InChI is InChI=1S/C29H33N3O/c30-27-15-14-23-22-13-10-20(16-26(22)29(31,32)25-3-1-2-24(27)28(23)25)19-6-4-17(5-7-19)18-8-11-21(33)12-9-18/h1-3,10,13-19H,4-9,11-12,30-32H2. The van der Waals surface area contributed by atoms with Gasteiger partial charge in [-0.2, -0.15) is 0 Å². The predicted octanol–water partition coefficient (Wildman–Crippen LogP) is 5.55. The summed E-state index contributed by atoms with van der Waals surface area (Å²) < 4.78 is 0. The summed E-state index contributed by atoms with van der Waals surface area (Å²) in [6.45, 7) is 0. The largest absolute Gasteiger partial charge is 0.398 e. The van der Waals surface area contributed by atoms with Gasteiger partial charge in [0.15, 0.2) is 0 Å². The van der Waals surface area contributed by atoms with Gasteiger partial charge in [0.25, 0.3) is 0 Å². The summed E-state index contributed by atoms with van der Waals surface area (Å²) >= 11 is 0. The number of carbonyl (C=O) groups is 1. The van der Waals surface area contributed by atoms with Crippen molar-refractivity contribution in [2.45, 2.75) is 62.9 Å². The highest BCUT2D eigenvalue weighted by molar-refractivity contribution is 6.07. The number of hydrogen-bond acceptors (Lipinski definition) is 4. The quantitative estimate of drug-likeness (QED) is 0.360. The van der Waals surface area contributed by atoms with E-state index < -0.39 is 5.66 Å². The molecule has 2 saturated carbocycles. The van der Waals surface area contributed by atoms with E-state index in [0.29, 0.717) is 11.7 Å². The first-order valence-electron chi connectivity index (χ1n) is 12.5. The van der Waals surface area contributed by atoms with Crippen LogP contribution in [0.15, 0.2) is 48.5 Å². The fourth-order valence-electron chi connectivity index (χ4n) is 6.89. The molecular weight excluding hydrogens is 406 g/mol. The highest BCUT2D eigenvalue weighted by atomic mass is 16.1. The molecule has 33 heavy (non-hydrogen) atoms. The van der Waals surface area contributed by atoms with E-state index in [1.54, 1.807) is 0 Å². The Balaban J connectivity index is 1.31. The van der Waals surface area contributed by atoms with Crippen LogP contribution in [0.1, 0.15) is 74.0 Å². The van der Waals surface area contributed by atoms with Crippen LogP contribution in [0.3, 0.4) is 0 Å². The maximum absolute atomic E-state index is 11.6. The van der Waals surface area contributed by atoms with Crippen molar-refractivity contribution in [1.82, 2.24) is 0 Å². The SMILES string of the molecule is Nc1ccc2c3c(cccc13)C(N)(N)c1cc(C3CCC(C4CCC(=O)CC4)CC3)ccc1-2. The predicted molar refractivity (Wildman–Crippen MR) is 135 cm³/mol. The lowest BCUT2D eigenvalue weighted by Gasteiger charge is -2.37.